The minimum Gasteiger partial charge on any atom is -0.494 e. The van der Waals surface area contributed by atoms with Crippen LogP contribution in [0.2, 0.25) is 0 Å². The summed E-state index contributed by atoms with van der Waals surface area (Å²) in [5, 5.41) is 3.12. The van der Waals surface area contributed by atoms with Gasteiger partial charge in [-0.15, -0.1) is 0 Å². The first kappa shape index (κ1) is 14.5. The van der Waals surface area contributed by atoms with Crippen LogP contribution in [0.3, 0.4) is 0 Å². The van der Waals surface area contributed by atoms with Gasteiger partial charge < -0.3 is 15.0 Å². The molecule has 1 rings (SSSR count). The van der Waals surface area contributed by atoms with Crippen LogP contribution in [0.1, 0.15) is 13.3 Å². The zero-order valence-corrected chi connectivity index (χ0v) is 11.2. The predicted octanol–water partition coefficient (Wildman–Crippen LogP) is 1.52. The van der Waals surface area contributed by atoms with Crippen LogP contribution in [0.5, 0.6) is 5.75 Å². The number of carbonyl (C=O) groups is 1. The van der Waals surface area contributed by atoms with Crippen molar-refractivity contribution in [2.24, 2.45) is 0 Å². The zero-order chi connectivity index (χ0) is 13.2. The van der Waals surface area contributed by atoms with Crippen molar-refractivity contribution in [2.45, 2.75) is 13.3 Å². The van der Waals surface area contributed by atoms with Gasteiger partial charge in [0.2, 0.25) is 5.91 Å². The van der Waals surface area contributed by atoms with Gasteiger partial charge in [-0.25, -0.2) is 0 Å². The molecule has 1 amide bonds. The fourth-order valence-electron chi connectivity index (χ4n) is 1.41. The monoisotopic (exact) mass is 250 g/mol. The summed E-state index contributed by atoms with van der Waals surface area (Å²) in [6, 6.07) is 9.74. The number of nitrogens with zero attached hydrogens (tertiary/aromatic N) is 1. The van der Waals surface area contributed by atoms with E-state index in [4.69, 9.17) is 4.74 Å². The molecule has 0 saturated carbocycles. The second-order valence-corrected chi connectivity index (χ2v) is 4.10. The van der Waals surface area contributed by atoms with Crippen LogP contribution in [0, 0.1) is 0 Å². The molecule has 0 aliphatic heterocycles. The molecule has 0 bridgehead atoms. The third kappa shape index (κ3) is 5.68. The molecule has 0 aromatic heterocycles. The topological polar surface area (TPSA) is 41.6 Å². The third-order valence-corrected chi connectivity index (χ3v) is 2.69. The predicted molar refractivity (Wildman–Crippen MR) is 72.7 cm³/mol. The highest BCUT2D eigenvalue weighted by molar-refractivity contribution is 5.77. The number of nitrogens with one attached hydrogen (secondary N) is 1. The van der Waals surface area contributed by atoms with Crippen LogP contribution in [-0.4, -0.2) is 44.1 Å². The highest BCUT2D eigenvalue weighted by atomic mass is 16.5. The van der Waals surface area contributed by atoms with E-state index in [0.717, 1.165) is 25.3 Å². The van der Waals surface area contributed by atoms with Crippen molar-refractivity contribution >= 4 is 5.91 Å². The van der Waals surface area contributed by atoms with Gasteiger partial charge in [-0.2, -0.15) is 0 Å². The van der Waals surface area contributed by atoms with Gasteiger partial charge >= 0.3 is 0 Å². The van der Waals surface area contributed by atoms with Gasteiger partial charge in [0.15, 0.2) is 0 Å². The summed E-state index contributed by atoms with van der Waals surface area (Å²) in [4.78, 5) is 13.2. The van der Waals surface area contributed by atoms with E-state index in [1.165, 1.54) is 0 Å². The van der Waals surface area contributed by atoms with Crippen molar-refractivity contribution in [3.05, 3.63) is 30.3 Å². The number of ether oxygens (including phenoxy) is 1. The fourth-order valence-corrected chi connectivity index (χ4v) is 1.41. The SMILES string of the molecule is CCN(C)C(=O)CNCCCOc1ccccc1. The lowest BCUT2D eigenvalue weighted by molar-refractivity contribution is -0.128. The third-order valence-electron chi connectivity index (χ3n) is 2.69. The highest BCUT2D eigenvalue weighted by Gasteiger charge is 2.04. The van der Waals surface area contributed by atoms with Gasteiger partial charge in [-0.3, -0.25) is 4.79 Å². The van der Waals surface area contributed by atoms with E-state index >= 15 is 0 Å². The molecule has 0 heterocycles. The molecule has 0 fully saturated rings. The Hall–Kier alpha value is -1.55. The largest absolute Gasteiger partial charge is 0.494 e. The zero-order valence-electron chi connectivity index (χ0n) is 11.2. The molecular formula is C14H22N2O2. The number of carbonyl (C=O) groups excluding carboxylic acids is 1. The summed E-state index contributed by atoms with van der Waals surface area (Å²) in [6.45, 7) is 4.56. The van der Waals surface area contributed by atoms with Crippen LogP contribution in [0.25, 0.3) is 0 Å². The average molecular weight is 250 g/mol. The van der Waals surface area contributed by atoms with Gasteiger partial charge in [0, 0.05) is 13.6 Å². The molecule has 1 aromatic carbocycles. The Morgan fingerprint density at radius 3 is 2.72 bits per heavy atom. The fraction of sp³-hybridized carbons (Fsp3) is 0.500. The van der Waals surface area contributed by atoms with Crippen LogP contribution in [0.4, 0.5) is 0 Å². The maximum Gasteiger partial charge on any atom is 0.236 e. The molecule has 18 heavy (non-hydrogen) atoms. The van der Waals surface area contributed by atoms with E-state index in [9.17, 15) is 4.79 Å². The summed E-state index contributed by atoms with van der Waals surface area (Å²) in [5.74, 6) is 1.01. The second-order valence-electron chi connectivity index (χ2n) is 4.10. The first-order valence-electron chi connectivity index (χ1n) is 6.36. The van der Waals surface area contributed by atoms with Crippen LogP contribution < -0.4 is 10.1 Å². The van der Waals surface area contributed by atoms with Gasteiger partial charge in [0.05, 0.1) is 13.2 Å². The van der Waals surface area contributed by atoms with Crippen LogP contribution >= 0.6 is 0 Å². The van der Waals surface area contributed by atoms with E-state index in [-0.39, 0.29) is 5.91 Å². The molecule has 1 N–H and O–H groups in total. The van der Waals surface area contributed by atoms with E-state index in [1.807, 2.05) is 44.3 Å². The number of rotatable bonds is 8. The molecule has 1 aromatic rings. The molecule has 0 radical (unpaired) electrons. The van der Waals surface area contributed by atoms with Gasteiger partial charge in [-0.1, -0.05) is 18.2 Å². The van der Waals surface area contributed by atoms with Crippen molar-refractivity contribution < 1.29 is 9.53 Å². The normalized spacial score (nSPS) is 10.1. The van der Waals surface area contributed by atoms with Crippen molar-refractivity contribution in [1.29, 1.82) is 0 Å². The average Bonchev–Trinajstić information content (AvgIpc) is 2.42. The summed E-state index contributed by atoms with van der Waals surface area (Å²) in [6.07, 6.45) is 0.887. The van der Waals surface area contributed by atoms with Gasteiger partial charge in [-0.05, 0) is 32.0 Å². The number of para-hydroxylation sites is 1. The number of benzene rings is 1. The number of likely N-dealkylation sites (N-methyl/N-ethyl adjacent to an activating group) is 1. The van der Waals surface area contributed by atoms with Crippen molar-refractivity contribution in [1.82, 2.24) is 10.2 Å². The molecule has 0 aliphatic rings. The molecule has 0 spiro atoms. The summed E-state index contributed by atoms with van der Waals surface area (Å²) >= 11 is 0. The molecular weight excluding hydrogens is 228 g/mol. The van der Waals surface area contributed by atoms with Gasteiger partial charge in [0.1, 0.15) is 5.75 Å². The quantitative estimate of drug-likeness (QED) is 0.711. The Bertz CT molecular complexity index is 341. The molecule has 100 valence electrons. The first-order valence-corrected chi connectivity index (χ1v) is 6.36. The van der Waals surface area contributed by atoms with E-state index < -0.39 is 0 Å². The van der Waals surface area contributed by atoms with Gasteiger partial charge in [0.25, 0.3) is 0 Å². The number of hydrogen-bond donors (Lipinski definition) is 1. The lowest BCUT2D eigenvalue weighted by Crippen LogP contribution is -2.35. The molecule has 0 saturated heterocycles. The Kier molecular flexibility index (Phi) is 6.87. The van der Waals surface area contributed by atoms with Crippen molar-refractivity contribution in [2.75, 3.05) is 33.3 Å². The molecule has 0 unspecified atom stereocenters. The Morgan fingerprint density at radius 2 is 2.06 bits per heavy atom. The van der Waals surface area contributed by atoms with E-state index in [0.29, 0.717) is 13.2 Å². The maximum atomic E-state index is 11.5. The minimum absolute atomic E-state index is 0.126. The first-order chi connectivity index (χ1) is 8.74. The summed E-state index contributed by atoms with van der Waals surface area (Å²) < 4.78 is 5.55. The van der Waals surface area contributed by atoms with Crippen molar-refractivity contribution in [3.8, 4) is 5.75 Å². The lowest BCUT2D eigenvalue weighted by atomic mass is 10.3. The number of hydrogen-bond acceptors (Lipinski definition) is 3. The van der Waals surface area contributed by atoms with Crippen molar-refractivity contribution in [3.63, 3.8) is 0 Å². The summed E-state index contributed by atoms with van der Waals surface area (Å²) in [7, 11) is 1.81. The van der Waals surface area contributed by atoms with Crippen LogP contribution in [0.15, 0.2) is 30.3 Å². The smallest absolute Gasteiger partial charge is 0.236 e. The lowest BCUT2D eigenvalue weighted by Gasteiger charge is -2.14. The number of amides is 1. The highest BCUT2D eigenvalue weighted by Crippen LogP contribution is 2.07. The Labute approximate surface area is 109 Å². The molecule has 4 heteroatoms. The Morgan fingerprint density at radius 1 is 1.33 bits per heavy atom. The second kappa shape index (κ2) is 8.53. The maximum absolute atomic E-state index is 11.5. The molecule has 0 aliphatic carbocycles. The molecule has 4 nitrogen and oxygen atoms in total. The Balaban J connectivity index is 2.01. The van der Waals surface area contributed by atoms with E-state index in [1.54, 1.807) is 4.90 Å². The minimum atomic E-state index is 0.126. The molecule has 0 atom stereocenters. The van der Waals surface area contributed by atoms with E-state index in [2.05, 4.69) is 5.32 Å². The standard InChI is InChI=1S/C14H22N2O2/c1-3-16(2)14(17)12-15-10-7-11-18-13-8-5-4-6-9-13/h4-6,8-9,15H,3,7,10-12H2,1-2H3. The summed E-state index contributed by atoms with van der Waals surface area (Å²) in [5.41, 5.74) is 0. The van der Waals surface area contributed by atoms with Crippen LogP contribution in [-0.2, 0) is 4.79 Å².